The molecule has 162 valence electrons. The van der Waals surface area contributed by atoms with Gasteiger partial charge < -0.3 is 9.15 Å². The Bertz CT molecular complexity index is 1170. The Labute approximate surface area is 186 Å². The number of esters is 1. The first kappa shape index (κ1) is 21.3. The first-order valence-electron chi connectivity index (χ1n) is 10.6. The van der Waals surface area contributed by atoms with Gasteiger partial charge in [0.25, 0.3) is 5.91 Å². The Hall–Kier alpha value is -3.93. The number of hydrogen-bond acceptors (Lipinski definition) is 5. The van der Waals surface area contributed by atoms with Gasteiger partial charge in [-0.15, -0.1) is 0 Å². The van der Waals surface area contributed by atoms with Gasteiger partial charge in [0.1, 0.15) is 11.5 Å². The molecule has 6 nitrogen and oxygen atoms in total. The molecule has 3 aromatic rings. The zero-order valence-corrected chi connectivity index (χ0v) is 18.1. The molecule has 1 amide bonds. The second kappa shape index (κ2) is 9.47. The molecular weight excluding hydrogens is 404 g/mol. The van der Waals surface area contributed by atoms with Crippen molar-refractivity contribution >= 4 is 29.4 Å². The van der Waals surface area contributed by atoms with E-state index >= 15 is 0 Å². The Kier molecular flexibility index (Phi) is 6.31. The van der Waals surface area contributed by atoms with Crippen LogP contribution in [0.3, 0.4) is 0 Å². The van der Waals surface area contributed by atoms with E-state index < -0.39 is 0 Å². The molecular formula is C26H24N2O4. The van der Waals surface area contributed by atoms with Crippen molar-refractivity contribution in [3.63, 3.8) is 0 Å². The SMILES string of the molecule is CCCCOC(=O)c1ccc(-c2ccc(/C=C3\C(=O)N(c4ccccc4)N=C3C)o2)cc1. The first-order chi connectivity index (χ1) is 15.6. The van der Waals surface area contributed by atoms with E-state index in [0.717, 1.165) is 18.4 Å². The molecule has 2 aromatic carbocycles. The van der Waals surface area contributed by atoms with Gasteiger partial charge in [0.05, 0.1) is 29.1 Å². The molecule has 0 aliphatic carbocycles. The number of hydrazone groups is 1. The van der Waals surface area contributed by atoms with Crippen LogP contribution < -0.4 is 5.01 Å². The van der Waals surface area contributed by atoms with Gasteiger partial charge in [0.15, 0.2) is 0 Å². The normalized spacial score (nSPS) is 14.7. The fraction of sp³-hybridized carbons (Fsp3) is 0.192. The van der Waals surface area contributed by atoms with E-state index in [1.54, 1.807) is 31.2 Å². The van der Waals surface area contributed by atoms with Gasteiger partial charge in [-0.1, -0.05) is 43.7 Å². The molecule has 1 aliphatic heterocycles. The van der Waals surface area contributed by atoms with Crippen LogP contribution in [0.1, 0.15) is 42.8 Å². The number of furan rings is 1. The zero-order chi connectivity index (χ0) is 22.5. The van der Waals surface area contributed by atoms with Crippen molar-refractivity contribution < 1.29 is 18.7 Å². The van der Waals surface area contributed by atoms with Crippen LogP contribution in [0.5, 0.6) is 0 Å². The summed E-state index contributed by atoms with van der Waals surface area (Å²) in [5, 5.41) is 5.77. The number of unbranched alkanes of at least 4 members (excludes halogenated alkanes) is 1. The molecule has 0 radical (unpaired) electrons. The van der Waals surface area contributed by atoms with Crippen molar-refractivity contribution in [2.24, 2.45) is 5.10 Å². The van der Waals surface area contributed by atoms with Crippen molar-refractivity contribution in [2.75, 3.05) is 11.6 Å². The van der Waals surface area contributed by atoms with Crippen molar-refractivity contribution in [3.05, 3.63) is 83.6 Å². The van der Waals surface area contributed by atoms with E-state index in [1.807, 2.05) is 55.5 Å². The summed E-state index contributed by atoms with van der Waals surface area (Å²) in [7, 11) is 0. The van der Waals surface area contributed by atoms with Crippen LogP contribution in [-0.2, 0) is 9.53 Å². The minimum atomic E-state index is -0.327. The van der Waals surface area contributed by atoms with Gasteiger partial charge in [-0.3, -0.25) is 4.79 Å². The summed E-state index contributed by atoms with van der Waals surface area (Å²) in [6.45, 7) is 4.28. The highest BCUT2D eigenvalue weighted by atomic mass is 16.5. The molecule has 0 N–H and O–H groups in total. The summed E-state index contributed by atoms with van der Waals surface area (Å²) in [6, 6.07) is 20.0. The number of benzene rings is 2. The fourth-order valence-electron chi connectivity index (χ4n) is 3.32. The summed E-state index contributed by atoms with van der Waals surface area (Å²) in [4.78, 5) is 24.9. The number of hydrogen-bond donors (Lipinski definition) is 0. The van der Waals surface area contributed by atoms with Gasteiger partial charge in [-0.2, -0.15) is 10.1 Å². The maximum atomic E-state index is 12.9. The summed E-state index contributed by atoms with van der Waals surface area (Å²) in [6.07, 6.45) is 3.53. The van der Waals surface area contributed by atoms with Crippen LogP contribution in [0.25, 0.3) is 17.4 Å². The molecule has 2 heterocycles. The number of amides is 1. The monoisotopic (exact) mass is 428 g/mol. The third-order valence-corrected chi connectivity index (χ3v) is 5.11. The second-order valence-corrected chi connectivity index (χ2v) is 7.46. The highest BCUT2D eigenvalue weighted by Gasteiger charge is 2.28. The average Bonchev–Trinajstić information content (AvgIpc) is 3.40. The van der Waals surface area contributed by atoms with E-state index in [-0.39, 0.29) is 11.9 Å². The fourth-order valence-corrected chi connectivity index (χ4v) is 3.32. The highest BCUT2D eigenvalue weighted by Crippen LogP contribution is 2.27. The van der Waals surface area contributed by atoms with E-state index in [2.05, 4.69) is 5.10 Å². The summed E-state index contributed by atoms with van der Waals surface area (Å²) in [5.74, 6) is 0.670. The predicted octanol–water partition coefficient (Wildman–Crippen LogP) is 5.71. The summed E-state index contributed by atoms with van der Waals surface area (Å²) in [5.41, 5.74) is 3.16. The quantitative estimate of drug-likeness (QED) is 0.274. The molecule has 0 fully saturated rings. The van der Waals surface area contributed by atoms with Crippen molar-refractivity contribution in [1.29, 1.82) is 0 Å². The molecule has 0 spiro atoms. The average molecular weight is 428 g/mol. The number of para-hydroxylation sites is 1. The maximum absolute atomic E-state index is 12.9. The molecule has 32 heavy (non-hydrogen) atoms. The Morgan fingerprint density at radius 1 is 1.06 bits per heavy atom. The largest absolute Gasteiger partial charge is 0.462 e. The Morgan fingerprint density at radius 2 is 1.81 bits per heavy atom. The zero-order valence-electron chi connectivity index (χ0n) is 18.1. The van der Waals surface area contributed by atoms with Crippen molar-refractivity contribution in [2.45, 2.75) is 26.7 Å². The van der Waals surface area contributed by atoms with Crippen LogP contribution in [-0.4, -0.2) is 24.2 Å². The lowest BCUT2D eigenvalue weighted by Crippen LogP contribution is -2.21. The van der Waals surface area contributed by atoms with E-state index in [0.29, 0.717) is 40.7 Å². The topological polar surface area (TPSA) is 72.1 Å². The van der Waals surface area contributed by atoms with Gasteiger partial charge in [-0.05, 0) is 55.8 Å². The van der Waals surface area contributed by atoms with Crippen molar-refractivity contribution in [3.8, 4) is 11.3 Å². The highest BCUT2D eigenvalue weighted by molar-refractivity contribution is 6.32. The lowest BCUT2D eigenvalue weighted by Gasteiger charge is -2.10. The van der Waals surface area contributed by atoms with Gasteiger partial charge in [0, 0.05) is 5.56 Å². The minimum absolute atomic E-state index is 0.197. The Balaban J connectivity index is 1.48. The molecule has 0 unspecified atom stereocenters. The van der Waals surface area contributed by atoms with E-state index in [9.17, 15) is 9.59 Å². The molecule has 4 rings (SSSR count). The van der Waals surface area contributed by atoms with Gasteiger partial charge >= 0.3 is 5.97 Å². The molecule has 0 bridgehead atoms. The van der Waals surface area contributed by atoms with Crippen molar-refractivity contribution in [1.82, 2.24) is 0 Å². The maximum Gasteiger partial charge on any atom is 0.338 e. The van der Waals surface area contributed by atoms with Crippen LogP contribution in [0.4, 0.5) is 5.69 Å². The van der Waals surface area contributed by atoms with Crippen LogP contribution in [0.15, 0.2) is 81.8 Å². The molecule has 0 saturated carbocycles. The van der Waals surface area contributed by atoms with Crippen LogP contribution in [0.2, 0.25) is 0 Å². The summed E-state index contributed by atoms with van der Waals surface area (Å²) >= 11 is 0. The third kappa shape index (κ3) is 4.54. The smallest absolute Gasteiger partial charge is 0.338 e. The third-order valence-electron chi connectivity index (χ3n) is 5.11. The second-order valence-electron chi connectivity index (χ2n) is 7.46. The van der Waals surface area contributed by atoms with Crippen LogP contribution >= 0.6 is 0 Å². The van der Waals surface area contributed by atoms with Crippen LogP contribution in [0, 0.1) is 0 Å². The van der Waals surface area contributed by atoms with E-state index in [4.69, 9.17) is 9.15 Å². The van der Waals surface area contributed by atoms with E-state index in [1.165, 1.54) is 5.01 Å². The molecule has 0 saturated heterocycles. The number of ether oxygens (including phenoxy) is 1. The number of carbonyl (C=O) groups excluding carboxylic acids is 2. The Morgan fingerprint density at radius 3 is 2.53 bits per heavy atom. The number of anilines is 1. The number of carbonyl (C=O) groups is 2. The minimum Gasteiger partial charge on any atom is -0.462 e. The summed E-state index contributed by atoms with van der Waals surface area (Å²) < 4.78 is 11.2. The molecule has 6 heteroatoms. The molecule has 0 atom stereocenters. The van der Waals surface area contributed by atoms with Gasteiger partial charge in [0.2, 0.25) is 0 Å². The molecule has 1 aliphatic rings. The lowest BCUT2D eigenvalue weighted by atomic mass is 10.1. The standard InChI is InChI=1S/C26H24N2O4/c1-3-4-16-31-26(30)20-12-10-19(11-13-20)24-15-14-22(32-24)17-23-18(2)27-28(25(23)29)21-8-6-5-7-9-21/h5-15,17H,3-4,16H2,1-2H3/b23-17-. The molecule has 1 aromatic heterocycles. The number of nitrogens with zero attached hydrogens (tertiary/aromatic N) is 2. The number of rotatable bonds is 7. The lowest BCUT2D eigenvalue weighted by molar-refractivity contribution is -0.114. The first-order valence-corrected chi connectivity index (χ1v) is 10.6. The predicted molar refractivity (Wildman–Crippen MR) is 124 cm³/mol. The van der Waals surface area contributed by atoms with Gasteiger partial charge in [-0.25, -0.2) is 4.79 Å².